The predicted molar refractivity (Wildman–Crippen MR) is 98.8 cm³/mol. The number of benzene rings is 1. The van der Waals surface area contributed by atoms with Gasteiger partial charge in [-0.3, -0.25) is 4.79 Å². The normalized spacial score (nSPS) is 17.2. The molecule has 134 valence electrons. The highest BCUT2D eigenvalue weighted by Gasteiger charge is 2.29. The number of carbonyl (C=O) groups excluding carboxylic acids is 1. The van der Waals surface area contributed by atoms with Gasteiger partial charge >= 0.3 is 0 Å². The summed E-state index contributed by atoms with van der Waals surface area (Å²) >= 11 is 0. The molecule has 1 unspecified atom stereocenters. The van der Waals surface area contributed by atoms with Crippen LogP contribution in [-0.4, -0.2) is 50.0 Å². The van der Waals surface area contributed by atoms with Gasteiger partial charge in [0.2, 0.25) is 5.91 Å². The molecule has 1 aliphatic heterocycles. The highest BCUT2D eigenvalue weighted by atomic mass is 16.2. The molecule has 2 aromatic heterocycles. The first-order valence-corrected chi connectivity index (χ1v) is 8.92. The van der Waals surface area contributed by atoms with Gasteiger partial charge in [-0.05, 0) is 18.9 Å². The number of hydrogen-bond donors (Lipinski definition) is 1. The Morgan fingerprint density at radius 3 is 2.96 bits per heavy atom. The SMILES string of the molecule is Cc1cc(NCC2CC(=O)N(CCc3ccccc3)C2)n2ncnc2n1. The minimum absolute atomic E-state index is 0.240. The molecule has 0 bridgehead atoms. The smallest absolute Gasteiger partial charge is 0.254 e. The Kier molecular flexibility index (Phi) is 4.51. The van der Waals surface area contributed by atoms with E-state index in [1.807, 2.05) is 36.1 Å². The zero-order valence-corrected chi connectivity index (χ0v) is 14.8. The second kappa shape index (κ2) is 7.11. The van der Waals surface area contributed by atoms with Crippen molar-refractivity contribution in [3.05, 3.63) is 54.0 Å². The molecule has 1 atom stereocenters. The summed E-state index contributed by atoms with van der Waals surface area (Å²) in [5, 5.41) is 7.61. The molecular formula is C19H22N6O. The van der Waals surface area contributed by atoms with Crippen molar-refractivity contribution in [3.8, 4) is 0 Å². The lowest BCUT2D eigenvalue weighted by Crippen LogP contribution is -2.28. The number of fused-ring (bicyclic) bond motifs is 1. The maximum atomic E-state index is 12.3. The Morgan fingerprint density at radius 1 is 1.27 bits per heavy atom. The Hall–Kier alpha value is -2.96. The number of nitrogens with one attached hydrogen (secondary N) is 1. The van der Waals surface area contributed by atoms with Crippen LogP contribution in [0.4, 0.5) is 5.82 Å². The van der Waals surface area contributed by atoms with Gasteiger partial charge in [-0.2, -0.15) is 14.6 Å². The highest BCUT2D eigenvalue weighted by Crippen LogP contribution is 2.19. The monoisotopic (exact) mass is 350 g/mol. The molecule has 1 fully saturated rings. The number of anilines is 1. The van der Waals surface area contributed by atoms with E-state index in [9.17, 15) is 4.79 Å². The van der Waals surface area contributed by atoms with Crippen LogP contribution in [0.2, 0.25) is 0 Å². The molecule has 0 aliphatic carbocycles. The van der Waals surface area contributed by atoms with Gasteiger partial charge in [0.1, 0.15) is 12.1 Å². The Morgan fingerprint density at radius 2 is 2.12 bits per heavy atom. The molecular weight excluding hydrogens is 328 g/mol. The molecule has 1 aromatic carbocycles. The van der Waals surface area contributed by atoms with Crippen LogP contribution in [0.5, 0.6) is 0 Å². The largest absolute Gasteiger partial charge is 0.369 e. The van der Waals surface area contributed by atoms with Gasteiger partial charge in [0.05, 0.1) is 0 Å². The molecule has 0 radical (unpaired) electrons. The van der Waals surface area contributed by atoms with Crippen LogP contribution in [0, 0.1) is 12.8 Å². The van der Waals surface area contributed by atoms with Gasteiger partial charge in [-0.1, -0.05) is 30.3 Å². The first-order valence-electron chi connectivity index (χ1n) is 8.92. The summed E-state index contributed by atoms with van der Waals surface area (Å²) in [4.78, 5) is 22.8. The van der Waals surface area contributed by atoms with Crippen molar-refractivity contribution >= 4 is 17.5 Å². The van der Waals surface area contributed by atoms with Crippen molar-refractivity contribution in [1.29, 1.82) is 0 Å². The lowest BCUT2D eigenvalue weighted by Gasteiger charge is -2.17. The predicted octanol–water partition coefficient (Wildman–Crippen LogP) is 1.94. The van der Waals surface area contributed by atoms with E-state index in [0.717, 1.165) is 37.6 Å². The summed E-state index contributed by atoms with van der Waals surface area (Å²) in [5.41, 5.74) is 2.16. The van der Waals surface area contributed by atoms with Crippen LogP contribution in [0.1, 0.15) is 17.7 Å². The van der Waals surface area contributed by atoms with Crippen molar-refractivity contribution in [2.45, 2.75) is 19.8 Å². The Bertz CT molecular complexity index is 907. The topological polar surface area (TPSA) is 75.4 Å². The van der Waals surface area contributed by atoms with Crippen molar-refractivity contribution in [2.75, 3.05) is 25.0 Å². The van der Waals surface area contributed by atoms with E-state index in [-0.39, 0.29) is 5.91 Å². The molecule has 3 aromatic rings. The molecule has 1 amide bonds. The van der Waals surface area contributed by atoms with E-state index in [4.69, 9.17) is 0 Å². The van der Waals surface area contributed by atoms with Crippen molar-refractivity contribution in [3.63, 3.8) is 0 Å². The third-order valence-electron chi connectivity index (χ3n) is 4.76. The minimum Gasteiger partial charge on any atom is -0.369 e. The molecule has 0 spiro atoms. The quantitative estimate of drug-likeness (QED) is 0.735. The van der Waals surface area contributed by atoms with Crippen molar-refractivity contribution in [1.82, 2.24) is 24.5 Å². The molecule has 0 saturated carbocycles. The number of carbonyl (C=O) groups is 1. The maximum absolute atomic E-state index is 12.3. The number of amides is 1. The molecule has 7 nitrogen and oxygen atoms in total. The summed E-state index contributed by atoms with van der Waals surface area (Å²) in [6.45, 7) is 4.24. The van der Waals surface area contributed by atoms with Gasteiger partial charge in [0.25, 0.3) is 5.78 Å². The second-order valence-corrected chi connectivity index (χ2v) is 6.78. The minimum atomic E-state index is 0.240. The van der Waals surface area contributed by atoms with Gasteiger partial charge in [0.15, 0.2) is 0 Å². The third-order valence-corrected chi connectivity index (χ3v) is 4.76. The van der Waals surface area contributed by atoms with Crippen LogP contribution in [-0.2, 0) is 11.2 Å². The summed E-state index contributed by atoms with van der Waals surface area (Å²) in [6.07, 6.45) is 2.99. The number of likely N-dealkylation sites (tertiary alicyclic amines) is 1. The van der Waals surface area contributed by atoms with Crippen LogP contribution in [0.15, 0.2) is 42.7 Å². The summed E-state index contributed by atoms with van der Waals surface area (Å²) in [6, 6.07) is 12.2. The van der Waals surface area contributed by atoms with Gasteiger partial charge < -0.3 is 10.2 Å². The maximum Gasteiger partial charge on any atom is 0.254 e. The second-order valence-electron chi connectivity index (χ2n) is 6.78. The van der Waals surface area contributed by atoms with E-state index in [1.54, 1.807) is 4.52 Å². The number of nitrogens with zero attached hydrogens (tertiary/aromatic N) is 5. The van der Waals surface area contributed by atoms with Crippen LogP contribution >= 0.6 is 0 Å². The van der Waals surface area contributed by atoms with Crippen LogP contribution < -0.4 is 5.32 Å². The molecule has 26 heavy (non-hydrogen) atoms. The summed E-state index contributed by atoms with van der Waals surface area (Å²) < 4.78 is 1.69. The van der Waals surface area contributed by atoms with E-state index < -0.39 is 0 Å². The van der Waals surface area contributed by atoms with Crippen LogP contribution in [0.25, 0.3) is 5.78 Å². The van der Waals surface area contributed by atoms with E-state index in [1.165, 1.54) is 11.9 Å². The first kappa shape index (κ1) is 16.5. The number of aromatic nitrogens is 4. The zero-order chi connectivity index (χ0) is 17.9. The van der Waals surface area contributed by atoms with Gasteiger partial charge in [0, 0.05) is 43.7 Å². The molecule has 3 heterocycles. The molecule has 7 heteroatoms. The van der Waals surface area contributed by atoms with Gasteiger partial charge in [-0.25, -0.2) is 4.98 Å². The summed E-state index contributed by atoms with van der Waals surface area (Å²) in [7, 11) is 0. The summed E-state index contributed by atoms with van der Waals surface area (Å²) in [5.74, 6) is 1.98. The highest BCUT2D eigenvalue weighted by molar-refractivity contribution is 5.78. The van der Waals surface area contributed by atoms with E-state index in [2.05, 4.69) is 32.5 Å². The lowest BCUT2D eigenvalue weighted by molar-refractivity contribution is -0.127. The van der Waals surface area contributed by atoms with E-state index >= 15 is 0 Å². The molecule has 1 N–H and O–H groups in total. The van der Waals surface area contributed by atoms with E-state index in [0.29, 0.717) is 18.1 Å². The number of hydrogen-bond acceptors (Lipinski definition) is 5. The van der Waals surface area contributed by atoms with Crippen molar-refractivity contribution in [2.24, 2.45) is 5.92 Å². The Labute approximate surface area is 152 Å². The fourth-order valence-electron chi connectivity index (χ4n) is 3.42. The van der Waals surface area contributed by atoms with Crippen molar-refractivity contribution < 1.29 is 4.79 Å². The first-order chi connectivity index (χ1) is 12.7. The molecule has 4 rings (SSSR count). The fraction of sp³-hybridized carbons (Fsp3) is 0.368. The zero-order valence-electron chi connectivity index (χ0n) is 14.8. The third kappa shape index (κ3) is 3.51. The fourth-order valence-corrected chi connectivity index (χ4v) is 3.42. The standard InChI is InChI=1S/C19H22N6O/c1-14-9-17(25-19(23-14)21-13-22-25)20-11-16-10-18(26)24(12-16)8-7-15-5-3-2-4-6-15/h2-6,9,13,16,20H,7-8,10-12H2,1H3. The number of aryl methyl sites for hydroxylation is 1. The molecule has 1 saturated heterocycles. The number of rotatable bonds is 6. The van der Waals surface area contributed by atoms with Gasteiger partial charge in [-0.15, -0.1) is 0 Å². The molecule has 1 aliphatic rings. The Balaban J connectivity index is 1.34. The van der Waals surface area contributed by atoms with Crippen LogP contribution in [0.3, 0.4) is 0 Å². The average molecular weight is 350 g/mol. The average Bonchev–Trinajstić information content (AvgIpc) is 3.25. The lowest BCUT2D eigenvalue weighted by atomic mass is 10.1.